The van der Waals surface area contributed by atoms with E-state index in [1.807, 2.05) is 6.07 Å². The highest BCUT2D eigenvalue weighted by molar-refractivity contribution is 9.10. The van der Waals surface area contributed by atoms with Gasteiger partial charge in [0.25, 0.3) is 0 Å². The summed E-state index contributed by atoms with van der Waals surface area (Å²) in [4.78, 5) is 0. The summed E-state index contributed by atoms with van der Waals surface area (Å²) in [6, 6.07) is 3.60. The van der Waals surface area contributed by atoms with Crippen LogP contribution in [0.2, 0.25) is 0 Å². The van der Waals surface area contributed by atoms with Gasteiger partial charge in [-0.2, -0.15) is 0 Å². The van der Waals surface area contributed by atoms with E-state index in [0.29, 0.717) is 10.2 Å². The summed E-state index contributed by atoms with van der Waals surface area (Å²) in [5.41, 5.74) is 6.96. The van der Waals surface area contributed by atoms with E-state index in [9.17, 15) is 5.11 Å². The van der Waals surface area contributed by atoms with Crippen LogP contribution in [0.3, 0.4) is 0 Å². The van der Waals surface area contributed by atoms with Crippen molar-refractivity contribution in [3.63, 3.8) is 0 Å². The summed E-state index contributed by atoms with van der Waals surface area (Å²) >= 11 is 3.27. The van der Waals surface area contributed by atoms with Crippen LogP contribution in [0.5, 0.6) is 11.5 Å². The molecule has 0 aliphatic rings. The molecule has 0 saturated heterocycles. The molecular weight excluding hydrogens is 293 g/mol. The number of hydrogen-bond donors (Lipinski definition) is 2. The lowest BCUT2D eigenvalue weighted by molar-refractivity contribution is 0.371. The maximum absolute atomic E-state index is 9.62. The highest BCUT2D eigenvalue weighted by Gasteiger charge is 2.12. The van der Waals surface area contributed by atoms with E-state index in [1.54, 1.807) is 6.07 Å². The molecule has 0 bridgehead atoms. The molecule has 1 aromatic carbocycles. The largest absolute Gasteiger partial charge is 0.503 e. The molecule has 1 atom stereocenters. The van der Waals surface area contributed by atoms with Crippen molar-refractivity contribution in [2.45, 2.75) is 25.8 Å². The first-order valence-electron chi connectivity index (χ1n) is 4.92. The van der Waals surface area contributed by atoms with Crippen LogP contribution in [0.1, 0.15) is 31.4 Å². The van der Waals surface area contributed by atoms with E-state index in [1.165, 1.54) is 7.11 Å². The predicted octanol–water partition coefficient (Wildman–Crippen LogP) is 3.39. The van der Waals surface area contributed by atoms with Crippen LogP contribution in [-0.2, 0) is 0 Å². The minimum Gasteiger partial charge on any atom is -0.503 e. The number of ether oxygens (including phenoxy) is 1. The molecule has 3 N–H and O–H groups in total. The van der Waals surface area contributed by atoms with Crippen molar-refractivity contribution in [2.75, 3.05) is 7.11 Å². The smallest absolute Gasteiger partial charge is 0.172 e. The van der Waals surface area contributed by atoms with E-state index < -0.39 is 0 Å². The third-order valence-corrected chi connectivity index (χ3v) is 2.90. The standard InChI is InChI=1S/C11H16BrNO2.ClH/c1-3-4-9(13)7-5-8(12)11(14)10(6-7)15-2;/h5-6,9,14H,3-4,13H2,1-2H3;1H/t9-;/m0./s1. The Morgan fingerprint density at radius 3 is 2.62 bits per heavy atom. The molecule has 3 nitrogen and oxygen atoms in total. The number of nitrogens with two attached hydrogens (primary N) is 1. The van der Waals surface area contributed by atoms with E-state index in [4.69, 9.17) is 10.5 Å². The molecule has 92 valence electrons. The van der Waals surface area contributed by atoms with Crippen molar-refractivity contribution < 1.29 is 9.84 Å². The Balaban J connectivity index is 0.00000225. The number of aromatic hydroxyl groups is 1. The lowest BCUT2D eigenvalue weighted by Crippen LogP contribution is -2.09. The van der Waals surface area contributed by atoms with Gasteiger partial charge in [0.05, 0.1) is 11.6 Å². The molecule has 0 radical (unpaired) electrons. The zero-order valence-electron chi connectivity index (χ0n) is 9.37. The van der Waals surface area contributed by atoms with Gasteiger partial charge < -0.3 is 15.6 Å². The summed E-state index contributed by atoms with van der Waals surface area (Å²) in [6.07, 6.45) is 1.95. The second-order valence-electron chi connectivity index (χ2n) is 3.45. The number of phenols is 1. The summed E-state index contributed by atoms with van der Waals surface area (Å²) in [6.45, 7) is 2.09. The molecule has 0 aromatic heterocycles. The zero-order valence-corrected chi connectivity index (χ0v) is 11.8. The molecule has 0 unspecified atom stereocenters. The Morgan fingerprint density at radius 2 is 2.12 bits per heavy atom. The number of methoxy groups -OCH3 is 1. The van der Waals surface area contributed by atoms with Gasteiger partial charge in [-0.3, -0.25) is 0 Å². The average molecular weight is 311 g/mol. The molecular formula is C11H17BrClNO2. The Morgan fingerprint density at radius 1 is 1.50 bits per heavy atom. The van der Waals surface area contributed by atoms with Crippen molar-refractivity contribution in [1.29, 1.82) is 0 Å². The second-order valence-corrected chi connectivity index (χ2v) is 4.30. The number of rotatable bonds is 4. The van der Waals surface area contributed by atoms with Gasteiger partial charge in [-0.15, -0.1) is 12.4 Å². The van der Waals surface area contributed by atoms with E-state index in [-0.39, 0.29) is 24.2 Å². The van der Waals surface area contributed by atoms with Gasteiger partial charge in [0, 0.05) is 6.04 Å². The lowest BCUT2D eigenvalue weighted by Gasteiger charge is -2.14. The van der Waals surface area contributed by atoms with Crippen LogP contribution in [0, 0.1) is 0 Å². The fourth-order valence-corrected chi connectivity index (χ4v) is 1.90. The molecule has 0 fully saturated rings. The predicted molar refractivity (Wildman–Crippen MR) is 71.4 cm³/mol. The first-order valence-corrected chi connectivity index (χ1v) is 5.71. The summed E-state index contributed by atoms with van der Waals surface area (Å²) in [7, 11) is 1.52. The van der Waals surface area contributed by atoms with E-state index in [0.717, 1.165) is 18.4 Å². The SMILES string of the molecule is CCC[C@H](N)c1cc(Br)c(O)c(OC)c1.Cl. The number of halogens is 2. The fourth-order valence-electron chi connectivity index (χ4n) is 1.44. The van der Waals surface area contributed by atoms with E-state index in [2.05, 4.69) is 22.9 Å². The van der Waals surface area contributed by atoms with Crippen molar-refractivity contribution in [3.8, 4) is 11.5 Å². The topological polar surface area (TPSA) is 55.5 Å². The first kappa shape index (κ1) is 15.6. The molecule has 0 amide bonds. The fraction of sp³-hybridized carbons (Fsp3) is 0.455. The van der Waals surface area contributed by atoms with Crippen molar-refractivity contribution >= 4 is 28.3 Å². The maximum atomic E-state index is 9.62. The van der Waals surface area contributed by atoms with Crippen LogP contribution in [0.4, 0.5) is 0 Å². The van der Waals surface area contributed by atoms with Crippen LogP contribution in [0.25, 0.3) is 0 Å². The minimum atomic E-state index is -0.0131. The molecule has 0 spiro atoms. The van der Waals surface area contributed by atoms with Gasteiger partial charge in [0.1, 0.15) is 0 Å². The quantitative estimate of drug-likeness (QED) is 0.896. The highest BCUT2D eigenvalue weighted by atomic mass is 79.9. The Hall–Kier alpha value is -0.450. The van der Waals surface area contributed by atoms with Crippen LogP contribution >= 0.6 is 28.3 Å². The molecule has 0 aliphatic heterocycles. The Kier molecular flexibility index (Phi) is 6.79. The average Bonchev–Trinajstić information content (AvgIpc) is 2.22. The monoisotopic (exact) mass is 309 g/mol. The number of hydrogen-bond acceptors (Lipinski definition) is 3. The number of phenolic OH excluding ortho intramolecular Hbond substituents is 1. The zero-order chi connectivity index (χ0) is 11.4. The van der Waals surface area contributed by atoms with Crippen molar-refractivity contribution in [3.05, 3.63) is 22.2 Å². The van der Waals surface area contributed by atoms with Gasteiger partial charge >= 0.3 is 0 Å². The molecule has 5 heteroatoms. The maximum Gasteiger partial charge on any atom is 0.172 e. The van der Waals surface area contributed by atoms with Gasteiger partial charge in [-0.1, -0.05) is 13.3 Å². The molecule has 1 rings (SSSR count). The Labute approximate surface area is 111 Å². The van der Waals surface area contributed by atoms with Gasteiger partial charge in [-0.25, -0.2) is 0 Å². The van der Waals surface area contributed by atoms with Gasteiger partial charge in [-0.05, 0) is 40.0 Å². The van der Waals surface area contributed by atoms with Crippen LogP contribution in [0.15, 0.2) is 16.6 Å². The number of benzene rings is 1. The molecule has 0 heterocycles. The lowest BCUT2D eigenvalue weighted by atomic mass is 10.0. The minimum absolute atomic E-state index is 0. The molecule has 0 aliphatic carbocycles. The Bertz CT molecular complexity index is 347. The molecule has 0 saturated carbocycles. The summed E-state index contributed by atoms with van der Waals surface area (Å²) in [5.74, 6) is 0.566. The van der Waals surface area contributed by atoms with Crippen molar-refractivity contribution in [1.82, 2.24) is 0 Å². The van der Waals surface area contributed by atoms with Crippen LogP contribution < -0.4 is 10.5 Å². The second kappa shape index (κ2) is 6.99. The normalized spacial score (nSPS) is 11.8. The summed E-state index contributed by atoms with van der Waals surface area (Å²) < 4.78 is 5.67. The van der Waals surface area contributed by atoms with Gasteiger partial charge in [0.2, 0.25) is 0 Å². The third-order valence-electron chi connectivity index (χ3n) is 2.30. The third kappa shape index (κ3) is 3.54. The molecule has 1 aromatic rings. The van der Waals surface area contributed by atoms with Crippen molar-refractivity contribution in [2.24, 2.45) is 5.73 Å². The molecule has 16 heavy (non-hydrogen) atoms. The summed E-state index contributed by atoms with van der Waals surface area (Å²) in [5, 5.41) is 9.62. The first-order chi connectivity index (χ1) is 7.10. The van der Waals surface area contributed by atoms with Crippen LogP contribution in [-0.4, -0.2) is 12.2 Å². The van der Waals surface area contributed by atoms with Gasteiger partial charge in [0.15, 0.2) is 11.5 Å². The highest BCUT2D eigenvalue weighted by Crippen LogP contribution is 2.37. The van der Waals surface area contributed by atoms with E-state index >= 15 is 0 Å².